The van der Waals surface area contributed by atoms with Gasteiger partial charge in [0.2, 0.25) is 11.6 Å². The average molecular weight is 447 g/mol. The molecule has 0 saturated carbocycles. The first kappa shape index (κ1) is 22.1. The number of hydrogen-bond acceptors (Lipinski definition) is 6. The van der Waals surface area contributed by atoms with Gasteiger partial charge in [0.05, 0.1) is 19.8 Å². The maximum atomic E-state index is 14.0. The molecule has 0 radical (unpaired) electrons. The van der Waals surface area contributed by atoms with Crippen LogP contribution in [0.2, 0.25) is 0 Å². The molecule has 33 heavy (non-hydrogen) atoms. The van der Waals surface area contributed by atoms with E-state index in [0.717, 1.165) is 11.1 Å². The highest BCUT2D eigenvalue weighted by molar-refractivity contribution is 6.13. The molecule has 3 aromatic carbocycles. The maximum Gasteiger partial charge on any atom is 0.363 e. The Labute approximate surface area is 190 Å². The first-order valence-electron chi connectivity index (χ1n) is 10.2. The van der Waals surface area contributed by atoms with Gasteiger partial charge in [-0.3, -0.25) is 0 Å². The van der Waals surface area contributed by atoms with E-state index in [-0.39, 0.29) is 17.2 Å². The number of rotatable bonds is 7. The number of carbonyl (C=O) groups is 1. The number of halogens is 1. The van der Waals surface area contributed by atoms with Crippen LogP contribution in [0.5, 0.6) is 17.2 Å². The van der Waals surface area contributed by atoms with Gasteiger partial charge in [-0.05, 0) is 54.0 Å². The predicted octanol–water partition coefficient (Wildman–Crippen LogP) is 5.07. The predicted molar refractivity (Wildman–Crippen MR) is 122 cm³/mol. The molecule has 4 rings (SSSR count). The van der Waals surface area contributed by atoms with Crippen LogP contribution in [0.25, 0.3) is 6.08 Å². The van der Waals surface area contributed by atoms with Crippen molar-refractivity contribution < 1.29 is 28.1 Å². The van der Waals surface area contributed by atoms with Crippen LogP contribution in [0.3, 0.4) is 0 Å². The number of aliphatic imine (C=N–C) groups is 1. The minimum Gasteiger partial charge on any atom is -0.493 e. The molecule has 0 fully saturated rings. The van der Waals surface area contributed by atoms with Gasteiger partial charge in [0, 0.05) is 0 Å². The van der Waals surface area contributed by atoms with E-state index in [4.69, 9.17) is 18.9 Å². The zero-order valence-electron chi connectivity index (χ0n) is 18.4. The van der Waals surface area contributed by atoms with E-state index in [1.54, 1.807) is 24.3 Å². The molecule has 1 aliphatic rings. The van der Waals surface area contributed by atoms with Gasteiger partial charge in [-0.1, -0.05) is 36.4 Å². The summed E-state index contributed by atoms with van der Waals surface area (Å²) < 4.78 is 36.2. The van der Waals surface area contributed by atoms with E-state index in [2.05, 4.69) is 4.99 Å². The fraction of sp³-hybridized carbons (Fsp3) is 0.154. The third-order valence-electron chi connectivity index (χ3n) is 5.14. The van der Waals surface area contributed by atoms with Crippen LogP contribution >= 0.6 is 0 Å². The largest absolute Gasteiger partial charge is 0.493 e. The van der Waals surface area contributed by atoms with Gasteiger partial charge < -0.3 is 18.9 Å². The second-order valence-electron chi connectivity index (χ2n) is 7.29. The van der Waals surface area contributed by atoms with E-state index in [1.165, 1.54) is 32.4 Å². The Morgan fingerprint density at radius 2 is 1.67 bits per heavy atom. The van der Waals surface area contributed by atoms with Crippen molar-refractivity contribution in [3.63, 3.8) is 0 Å². The van der Waals surface area contributed by atoms with Crippen LogP contribution in [-0.2, 0) is 16.1 Å². The van der Waals surface area contributed by atoms with Gasteiger partial charge in [0.15, 0.2) is 17.2 Å². The van der Waals surface area contributed by atoms with E-state index >= 15 is 0 Å². The zero-order valence-corrected chi connectivity index (χ0v) is 18.4. The molecule has 0 amide bonds. The average Bonchev–Trinajstić information content (AvgIpc) is 3.18. The lowest BCUT2D eigenvalue weighted by atomic mass is 10.1. The molecule has 1 aliphatic heterocycles. The van der Waals surface area contributed by atoms with E-state index in [9.17, 15) is 9.18 Å². The van der Waals surface area contributed by atoms with Gasteiger partial charge in [-0.15, -0.1) is 0 Å². The van der Waals surface area contributed by atoms with Gasteiger partial charge in [0.1, 0.15) is 12.4 Å². The van der Waals surface area contributed by atoms with E-state index in [0.29, 0.717) is 29.4 Å². The molecule has 3 aromatic rings. The van der Waals surface area contributed by atoms with Crippen LogP contribution in [0, 0.1) is 12.7 Å². The summed E-state index contributed by atoms with van der Waals surface area (Å²) in [7, 11) is 3.04. The van der Waals surface area contributed by atoms with Crippen molar-refractivity contribution in [1.29, 1.82) is 0 Å². The molecule has 0 aromatic heterocycles. The Bertz CT molecular complexity index is 1240. The van der Waals surface area contributed by atoms with Gasteiger partial charge in [-0.25, -0.2) is 14.2 Å². The third kappa shape index (κ3) is 4.72. The van der Waals surface area contributed by atoms with Crippen LogP contribution < -0.4 is 14.2 Å². The van der Waals surface area contributed by atoms with E-state index < -0.39 is 11.8 Å². The summed E-state index contributed by atoms with van der Waals surface area (Å²) >= 11 is 0. The van der Waals surface area contributed by atoms with Crippen LogP contribution in [0.15, 0.2) is 71.4 Å². The molecule has 0 bridgehead atoms. The third-order valence-corrected chi connectivity index (χ3v) is 5.14. The van der Waals surface area contributed by atoms with Crippen LogP contribution in [0.4, 0.5) is 4.39 Å². The summed E-state index contributed by atoms with van der Waals surface area (Å²) in [6.45, 7) is 2.35. The molecule has 0 atom stereocenters. The summed E-state index contributed by atoms with van der Waals surface area (Å²) in [5, 5.41) is 0. The minimum absolute atomic E-state index is 0.0333. The number of benzene rings is 3. The van der Waals surface area contributed by atoms with Crippen molar-refractivity contribution in [3.8, 4) is 17.2 Å². The molecule has 7 heteroatoms. The number of carbonyl (C=O) groups excluding carboxylic acids is 1. The summed E-state index contributed by atoms with van der Waals surface area (Å²) in [5.41, 5.74) is 2.88. The standard InChI is InChI=1S/C26H22FNO5/c1-16-8-4-5-9-18(16)15-32-24-22(30-2)13-17(14-23(24)31-3)12-21-26(29)33-25(28-21)19-10-6-7-11-20(19)27/h4-14H,15H2,1-3H3/b21-12+. The number of esters is 1. The van der Waals surface area contributed by atoms with Gasteiger partial charge in [0.25, 0.3) is 0 Å². The molecule has 0 spiro atoms. The van der Waals surface area contributed by atoms with Crippen molar-refractivity contribution in [2.75, 3.05) is 14.2 Å². The number of hydrogen-bond donors (Lipinski definition) is 0. The summed E-state index contributed by atoms with van der Waals surface area (Å²) in [5.74, 6) is 0.0187. The fourth-order valence-corrected chi connectivity index (χ4v) is 3.36. The van der Waals surface area contributed by atoms with E-state index in [1.807, 2.05) is 31.2 Å². The van der Waals surface area contributed by atoms with Crippen molar-refractivity contribution in [3.05, 3.63) is 94.4 Å². The molecular weight excluding hydrogens is 425 g/mol. The number of aryl methyl sites for hydroxylation is 1. The molecule has 1 heterocycles. The maximum absolute atomic E-state index is 14.0. The first-order chi connectivity index (χ1) is 16.0. The lowest BCUT2D eigenvalue weighted by molar-refractivity contribution is -0.129. The zero-order chi connectivity index (χ0) is 23.4. The highest BCUT2D eigenvalue weighted by atomic mass is 19.1. The number of methoxy groups -OCH3 is 2. The Morgan fingerprint density at radius 1 is 1.00 bits per heavy atom. The fourth-order valence-electron chi connectivity index (χ4n) is 3.36. The van der Waals surface area contributed by atoms with Gasteiger partial charge in [-0.2, -0.15) is 0 Å². The quantitative estimate of drug-likeness (QED) is 0.374. The summed E-state index contributed by atoms with van der Waals surface area (Å²) in [6.07, 6.45) is 1.52. The second kappa shape index (κ2) is 9.56. The first-order valence-corrected chi connectivity index (χ1v) is 10.2. The molecule has 0 N–H and O–H groups in total. The van der Waals surface area contributed by atoms with Crippen molar-refractivity contribution in [1.82, 2.24) is 0 Å². The number of cyclic esters (lactones) is 1. The van der Waals surface area contributed by atoms with Crippen molar-refractivity contribution >= 4 is 17.9 Å². The summed E-state index contributed by atoms with van der Waals surface area (Å²) in [6, 6.07) is 17.3. The monoisotopic (exact) mass is 447 g/mol. The molecule has 0 aliphatic carbocycles. The SMILES string of the molecule is COc1cc(/C=C2/N=C(c3ccccc3F)OC2=O)cc(OC)c1OCc1ccccc1C. The van der Waals surface area contributed by atoms with Crippen molar-refractivity contribution in [2.24, 2.45) is 4.99 Å². The molecule has 0 unspecified atom stereocenters. The Morgan fingerprint density at radius 3 is 2.33 bits per heavy atom. The number of ether oxygens (including phenoxy) is 4. The highest BCUT2D eigenvalue weighted by Gasteiger charge is 2.26. The molecule has 0 saturated heterocycles. The highest BCUT2D eigenvalue weighted by Crippen LogP contribution is 2.40. The Hall–Kier alpha value is -4.13. The smallest absolute Gasteiger partial charge is 0.363 e. The minimum atomic E-state index is -0.675. The van der Waals surface area contributed by atoms with Crippen LogP contribution in [0.1, 0.15) is 22.3 Å². The van der Waals surface area contributed by atoms with Gasteiger partial charge >= 0.3 is 5.97 Å². The topological polar surface area (TPSA) is 66.4 Å². The molecule has 168 valence electrons. The Balaban J connectivity index is 1.65. The second-order valence-corrected chi connectivity index (χ2v) is 7.29. The van der Waals surface area contributed by atoms with Crippen LogP contribution in [-0.4, -0.2) is 26.1 Å². The lowest BCUT2D eigenvalue weighted by Gasteiger charge is -2.16. The molecular formula is C26H22FNO5. The molecule has 6 nitrogen and oxygen atoms in total. The lowest BCUT2D eigenvalue weighted by Crippen LogP contribution is -2.07. The Kier molecular flexibility index (Phi) is 6.40. The van der Waals surface area contributed by atoms with Crippen molar-refractivity contribution in [2.45, 2.75) is 13.5 Å². The summed E-state index contributed by atoms with van der Waals surface area (Å²) in [4.78, 5) is 16.5. The number of nitrogens with zero attached hydrogens (tertiary/aromatic N) is 1. The normalized spacial score (nSPS) is 14.1.